The fourth-order valence-corrected chi connectivity index (χ4v) is 5.84. The largest absolute Gasteiger partial charge is 0.457 e. The monoisotopic (exact) mass is 590 g/mol. The van der Waals surface area contributed by atoms with Crippen molar-refractivity contribution < 1.29 is 14.3 Å². The molecule has 2 aromatic carbocycles. The van der Waals surface area contributed by atoms with Gasteiger partial charge in [-0.25, -0.2) is 9.97 Å². The Labute approximate surface area is 258 Å². The Bertz CT molecular complexity index is 1690. The number of nitrogens with zero attached hydrogens (tertiary/aromatic N) is 5. The van der Waals surface area contributed by atoms with Crippen molar-refractivity contribution in [3.05, 3.63) is 78.8 Å². The molecule has 0 radical (unpaired) electrons. The number of anilines is 1. The Morgan fingerprint density at radius 1 is 1.07 bits per heavy atom. The van der Waals surface area contributed by atoms with E-state index in [9.17, 15) is 4.79 Å². The molecule has 2 fully saturated rings. The molecule has 2 N–H and O–H groups in total. The van der Waals surface area contributed by atoms with Gasteiger partial charge >= 0.3 is 0 Å². The van der Waals surface area contributed by atoms with E-state index >= 15 is 0 Å². The van der Waals surface area contributed by atoms with E-state index in [0.717, 1.165) is 65.2 Å². The van der Waals surface area contributed by atoms with Crippen LogP contribution in [-0.2, 0) is 9.53 Å². The second kappa shape index (κ2) is 13.3. The Morgan fingerprint density at radius 3 is 2.52 bits per heavy atom. The zero-order valence-electron chi connectivity index (χ0n) is 25.3. The van der Waals surface area contributed by atoms with Gasteiger partial charge in [-0.15, -0.1) is 0 Å². The van der Waals surface area contributed by atoms with Crippen LogP contribution in [0, 0.1) is 17.8 Å². The minimum Gasteiger partial charge on any atom is -0.457 e. The number of carbonyl (C=O) groups excluding carboxylic acids is 1. The van der Waals surface area contributed by atoms with Crippen LogP contribution in [0.25, 0.3) is 22.2 Å². The summed E-state index contributed by atoms with van der Waals surface area (Å²) in [5.74, 6) is 9.31. The highest BCUT2D eigenvalue weighted by atomic mass is 16.5. The molecule has 9 heteroatoms. The molecule has 0 spiro atoms. The Morgan fingerprint density at radius 2 is 1.82 bits per heavy atom. The molecule has 6 rings (SSSR count). The van der Waals surface area contributed by atoms with Crippen LogP contribution in [0.3, 0.4) is 0 Å². The number of para-hydroxylation sites is 1. The van der Waals surface area contributed by atoms with Crippen LogP contribution in [0.2, 0.25) is 0 Å². The minimum atomic E-state index is 0.0654. The van der Waals surface area contributed by atoms with Gasteiger partial charge in [0, 0.05) is 43.8 Å². The van der Waals surface area contributed by atoms with Gasteiger partial charge in [0.15, 0.2) is 0 Å². The highest BCUT2D eigenvalue weighted by molar-refractivity contribution is 6.03. The third kappa shape index (κ3) is 6.47. The Hall–Kier alpha value is -4.65. The number of nitrogens with two attached hydrogens (primary N) is 1. The zero-order chi connectivity index (χ0) is 30.5. The third-order valence-corrected chi connectivity index (χ3v) is 8.14. The van der Waals surface area contributed by atoms with E-state index in [1.165, 1.54) is 6.33 Å². The molecule has 2 aromatic heterocycles. The molecule has 4 heterocycles. The predicted molar refractivity (Wildman–Crippen MR) is 172 cm³/mol. The Kier molecular flexibility index (Phi) is 8.91. The maximum Gasteiger partial charge on any atom is 0.246 e. The van der Waals surface area contributed by atoms with E-state index in [4.69, 9.17) is 20.2 Å². The number of nitrogen functional groups attached to an aromatic ring is 1. The normalized spacial score (nSPS) is 17.3. The number of hydrogen-bond donors (Lipinski definition) is 1. The lowest BCUT2D eigenvalue weighted by Gasteiger charge is -2.29. The van der Waals surface area contributed by atoms with E-state index in [0.29, 0.717) is 32.1 Å². The van der Waals surface area contributed by atoms with Crippen LogP contribution in [0.1, 0.15) is 31.0 Å². The Balaban J connectivity index is 1.32. The van der Waals surface area contributed by atoms with E-state index in [2.05, 4.69) is 21.4 Å². The average molecular weight is 591 g/mol. The number of piperidine rings is 1. The van der Waals surface area contributed by atoms with E-state index < -0.39 is 0 Å². The number of carbonyl (C=O) groups is 1. The summed E-state index contributed by atoms with van der Waals surface area (Å²) < 4.78 is 14.0. The summed E-state index contributed by atoms with van der Waals surface area (Å²) in [6.45, 7) is 3.41. The third-order valence-electron chi connectivity index (χ3n) is 8.14. The first-order chi connectivity index (χ1) is 21.5. The van der Waals surface area contributed by atoms with Crippen molar-refractivity contribution in [1.29, 1.82) is 0 Å². The molecule has 226 valence electrons. The highest BCUT2D eigenvalue weighted by Crippen LogP contribution is 2.40. The summed E-state index contributed by atoms with van der Waals surface area (Å²) in [7, 11) is 3.97. The summed E-state index contributed by atoms with van der Waals surface area (Å²) in [4.78, 5) is 25.7. The van der Waals surface area contributed by atoms with E-state index in [-0.39, 0.29) is 17.9 Å². The van der Waals surface area contributed by atoms with Crippen molar-refractivity contribution in [2.24, 2.45) is 5.92 Å². The molecule has 0 aliphatic carbocycles. The number of likely N-dealkylation sites (tertiary alicyclic amines) is 1. The van der Waals surface area contributed by atoms with Crippen LogP contribution < -0.4 is 10.5 Å². The van der Waals surface area contributed by atoms with Crippen LogP contribution in [0.15, 0.2) is 73.1 Å². The van der Waals surface area contributed by atoms with Crippen molar-refractivity contribution >= 4 is 22.8 Å². The van der Waals surface area contributed by atoms with Crippen molar-refractivity contribution in [1.82, 2.24) is 24.3 Å². The van der Waals surface area contributed by atoms with Crippen LogP contribution in [-0.4, -0.2) is 77.2 Å². The second-order valence-electron chi connectivity index (χ2n) is 11.5. The number of likely N-dealkylation sites (N-methyl/N-ethyl adjacent to an activating group) is 1. The number of benzene rings is 2. The first-order valence-electron chi connectivity index (χ1n) is 15.1. The highest BCUT2D eigenvalue weighted by Gasteiger charge is 2.28. The lowest BCUT2D eigenvalue weighted by Crippen LogP contribution is -2.37. The van der Waals surface area contributed by atoms with Gasteiger partial charge in [-0.05, 0) is 69.1 Å². The summed E-state index contributed by atoms with van der Waals surface area (Å²) in [5, 5.41) is 0.797. The molecular formula is C35H38N6O3. The maximum atomic E-state index is 12.7. The van der Waals surface area contributed by atoms with Gasteiger partial charge in [0.1, 0.15) is 35.0 Å². The number of hydrogen-bond acceptors (Lipinski definition) is 7. The molecule has 2 aliphatic heterocycles. The second-order valence-corrected chi connectivity index (χ2v) is 11.5. The topological polar surface area (TPSA) is 98.7 Å². The average Bonchev–Trinajstić information content (AvgIpc) is 3.68. The van der Waals surface area contributed by atoms with Gasteiger partial charge in [-0.1, -0.05) is 42.3 Å². The van der Waals surface area contributed by atoms with Gasteiger partial charge in [0.25, 0.3) is 0 Å². The zero-order valence-corrected chi connectivity index (χ0v) is 25.3. The van der Waals surface area contributed by atoms with Crippen molar-refractivity contribution in [3.8, 4) is 34.5 Å². The number of ether oxygens (including phenoxy) is 2. The first kappa shape index (κ1) is 29.4. The van der Waals surface area contributed by atoms with Crippen LogP contribution >= 0.6 is 0 Å². The number of aromatic nitrogens is 3. The van der Waals surface area contributed by atoms with Crippen LogP contribution in [0.5, 0.6) is 11.5 Å². The molecule has 0 saturated carbocycles. The number of amides is 1. The lowest BCUT2D eigenvalue weighted by atomic mass is 9.96. The van der Waals surface area contributed by atoms with Crippen molar-refractivity contribution in [3.63, 3.8) is 0 Å². The predicted octanol–water partition coefficient (Wildman–Crippen LogP) is 5.14. The fourth-order valence-electron chi connectivity index (χ4n) is 5.84. The number of rotatable bonds is 7. The molecule has 1 atom stereocenters. The molecule has 2 aliphatic rings. The smallest absolute Gasteiger partial charge is 0.246 e. The quantitative estimate of drug-likeness (QED) is 0.235. The van der Waals surface area contributed by atoms with Gasteiger partial charge in [-0.3, -0.25) is 4.79 Å². The molecule has 0 bridgehead atoms. The van der Waals surface area contributed by atoms with Gasteiger partial charge in [-0.2, -0.15) is 0 Å². The standard InChI is InChI=1S/C35H38N6O3/c1-39(2)19-6-9-31(42)40-20-16-25(17-21-40)10-15-30-32(26-11-13-29(14-12-26)44-28-7-4-3-5-8-28)33-34(36)37-24-38-35(33)41(30)27-18-22-43-23-27/h3-9,11-14,24-25,27H,16-23H2,1-2H3,(H2,36,37,38)/b9-6+. The van der Waals surface area contributed by atoms with Gasteiger partial charge in [0.2, 0.25) is 5.91 Å². The first-order valence-corrected chi connectivity index (χ1v) is 15.1. The SMILES string of the molecule is CN(C)C/C=C/C(=O)N1CCC(C#Cc2c(-c3ccc(Oc4ccccc4)cc3)c3c(N)ncnc3n2C2CCOC2)CC1. The molecule has 4 aromatic rings. The molecule has 2 saturated heterocycles. The van der Waals surface area contributed by atoms with E-state index in [1.807, 2.05) is 84.6 Å². The van der Waals surface area contributed by atoms with Crippen molar-refractivity contribution in [2.45, 2.75) is 25.3 Å². The summed E-state index contributed by atoms with van der Waals surface area (Å²) in [6.07, 6.45) is 7.64. The molecule has 1 amide bonds. The molecule has 9 nitrogen and oxygen atoms in total. The fraction of sp³-hybridized carbons (Fsp3) is 0.343. The molecular weight excluding hydrogens is 552 g/mol. The van der Waals surface area contributed by atoms with Gasteiger partial charge in [0.05, 0.1) is 18.0 Å². The van der Waals surface area contributed by atoms with Gasteiger partial charge < -0.3 is 29.6 Å². The van der Waals surface area contributed by atoms with Crippen molar-refractivity contribution in [2.75, 3.05) is 52.7 Å². The summed E-state index contributed by atoms with van der Waals surface area (Å²) in [6, 6.07) is 17.8. The molecule has 1 unspecified atom stereocenters. The lowest BCUT2D eigenvalue weighted by molar-refractivity contribution is -0.127. The minimum absolute atomic E-state index is 0.0654. The van der Waals surface area contributed by atoms with Crippen LogP contribution in [0.4, 0.5) is 5.82 Å². The maximum absolute atomic E-state index is 12.7. The number of fused-ring (bicyclic) bond motifs is 1. The molecule has 44 heavy (non-hydrogen) atoms. The van der Waals surface area contributed by atoms with E-state index in [1.54, 1.807) is 6.08 Å². The summed E-state index contributed by atoms with van der Waals surface area (Å²) >= 11 is 0. The summed E-state index contributed by atoms with van der Waals surface area (Å²) in [5.41, 5.74) is 10.0.